The van der Waals surface area contributed by atoms with Gasteiger partial charge in [-0.25, -0.2) is 0 Å². The number of carbonyl (C=O) groups excluding carboxylic acids is 2. The third-order valence-corrected chi connectivity index (χ3v) is 5.14. The van der Waals surface area contributed by atoms with E-state index < -0.39 is 0 Å². The van der Waals surface area contributed by atoms with Gasteiger partial charge < -0.3 is 10.6 Å². The van der Waals surface area contributed by atoms with Gasteiger partial charge in [-0.3, -0.25) is 9.59 Å². The molecule has 5 heteroatoms. The van der Waals surface area contributed by atoms with Crippen LogP contribution in [-0.4, -0.2) is 17.6 Å². The van der Waals surface area contributed by atoms with E-state index in [-0.39, 0.29) is 11.8 Å². The van der Waals surface area contributed by atoms with E-state index in [4.69, 9.17) is 0 Å². The maximum atomic E-state index is 12.1. The van der Waals surface area contributed by atoms with Gasteiger partial charge in [0.25, 0.3) is 0 Å². The van der Waals surface area contributed by atoms with Gasteiger partial charge in [0.15, 0.2) is 0 Å². The molecular weight excluding hydrogens is 356 g/mol. The summed E-state index contributed by atoms with van der Waals surface area (Å²) in [7, 11) is 0. The van der Waals surface area contributed by atoms with Crippen LogP contribution in [0.5, 0.6) is 0 Å². The molecule has 27 heavy (non-hydrogen) atoms. The molecule has 0 bridgehead atoms. The zero-order chi connectivity index (χ0) is 19.6. The lowest BCUT2D eigenvalue weighted by atomic mass is 10.0. The van der Waals surface area contributed by atoms with E-state index >= 15 is 0 Å². The number of amides is 2. The predicted octanol–water partition coefficient (Wildman–Crippen LogP) is 5.67. The molecule has 144 valence electrons. The molecule has 0 aliphatic rings. The Bertz CT molecular complexity index is 740. The van der Waals surface area contributed by atoms with E-state index in [1.165, 1.54) is 17.3 Å². The Labute approximate surface area is 166 Å². The van der Waals surface area contributed by atoms with Gasteiger partial charge in [-0.15, -0.1) is 11.8 Å². The second-order valence-corrected chi connectivity index (χ2v) is 7.84. The standard InChI is InChI=1S/C22H28N2O2S/c1-4-5-6-21(25)23-19-11-13-20(14-12-19)27-15-22(26)24-18-9-7-17(8-10-18)16(2)3/h7-14,16H,4-6,15H2,1-3H3,(H,23,25)(H,24,26). The fourth-order valence-corrected chi connectivity index (χ4v) is 3.19. The van der Waals surface area contributed by atoms with Crippen molar-refractivity contribution in [1.82, 2.24) is 0 Å². The molecule has 2 amide bonds. The molecule has 0 aliphatic carbocycles. The Balaban J connectivity index is 1.78. The Kier molecular flexibility index (Phi) is 8.40. The number of thioether (sulfide) groups is 1. The molecule has 0 saturated heterocycles. The molecule has 2 rings (SSSR count). The second kappa shape index (κ2) is 10.8. The van der Waals surface area contributed by atoms with Crippen molar-refractivity contribution in [1.29, 1.82) is 0 Å². The highest BCUT2D eigenvalue weighted by Crippen LogP contribution is 2.21. The van der Waals surface area contributed by atoms with E-state index in [1.807, 2.05) is 48.5 Å². The Morgan fingerprint density at radius 3 is 2.00 bits per heavy atom. The van der Waals surface area contributed by atoms with Crippen LogP contribution in [0, 0.1) is 0 Å². The average Bonchev–Trinajstić information content (AvgIpc) is 2.66. The highest BCUT2D eigenvalue weighted by Gasteiger charge is 2.06. The molecule has 0 heterocycles. The summed E-state index contributed by atoms with van der Waals surface area (Å²) in [5.41, 5.74) is 2.86. The molecule has 0 aliphatic heterocycles. The van der Waals surface area contributed by atoms with E-state index in [9.17, 15) is 9.59 Å². The Hall–Kier alpha value is -2.27. The lowest BCUT2D eigenvalue weighted by molar-refractivity contribution is -0.116. The molecule has 0 atom stereocenters. The predicted molar refractivity (Wildman–Crippen MR) is 114 cm³/mol. The summed E-state index contributed by atoms with van der Waals surface area (Å²) in [6.07, 6.45) is 2.45. The zero-order valence-corrected chi connectivity index (χ0v) is 17.1. The molecule has 2 aromatic carbocycles. The van der Waals surface area contributed by atoms with Crippen molar-refractivity contribution >= 4 is 35.0 Å². The minimum absolute atomic E-state index is 0.0331. The monoisotopic (exact) mass is 384 g/mol. The van der Waals surface area contributed by atoms with Gasteiger partial charge >= 0.3 is 0 Å². The summed E-state index contributed by atoms with van der Waals surface area (Å²) in [4.78, 5) is 24.9. The van der Waals surface area contributed by atoms with Crippen molar-refractivity contribution in [3.8, 4) is 0 Å². The summed E-state index contributed by atoms with van der Waals surface area (Å²) in [6, 6.07) is 15.5. The minimum atomic E-state index is -0.0331. The number of nitrogens with one attached hydrogen (secondary N) is 2. The van der Waals surface area contributed by atoms with Crippen molar-refractivity contribution in [2.45, 2.75) is 50.8 Å². The molecule has 0 spiro atoms. The third-order valence-electron chi connectivity index (χ3n) is 4.13. The summed E-state index contributed by atoms with van der Waals surface area (Å²) in [5, 5.41) is 5.80. The third kappa shape index (κ3) is 7.47. The second-order valence-electron chi connectivity index (χ2n) is 6.79. The van der Waals surface area contributed by atoms with Crippen LogP contribution in [0.15, 0.2) is 53.4 Å². The summed E-state index contributed by atoms with van der Waals surface area (Å²) in [5.74, 6) is 0.827. The fraction of sp³-hybridized carbons (Fsp3) is 0.364. The number of anilines is 2. The van der Waals surface area contributed by atoms with Crippen molar-refractivity contribution < 1.29 is 9.59 Å². The number of hydrogen-bond donors (Lipinski definition) is 2. The van der Waals surface area contributed by atoms with Gasteiger partial charge in [0.1, 0.15) is 0 Å². The maximum Gasteiger partial charge on any atom is 0.234 e. The van der Waals surface area contributed by atoms with E-state index in [0.29, 0.717) is 18.1 Å². The molecule has 0 saturated carbocycles. The Morgan fingerprint density at radius 1 is 0.889 bits per heavy atom. The number of rotatable bonds is 9. The van der Waals surface area contributed by atoms with Crippen molar-refractivity contribution in [3.63, 3.8) is 0 Å². The summed E-state index contributed by atoms with van der Waals surface area (Å²) in [6.45, 7) is 6.36. The van der Waals surface area contributed by atoms with Crippen LogP contribution < -0.4 is 10.6 Å². The van der Waals surface area contributed by atoms with Crippen molar-refractivity contribution in [3.05, 3.63) is 54.1 Å². The molecule has 2 aromatic rings. The van der Waals surface area contributed by atoms with Crippen LogP contribution in [0.25, 0.3) is 0 Å². The van der Waals surface area contributed by atoms with Crippen LogP contribution >= 0.6 is 11.8 Å². The first-order valence-electron chi connectivity index (χ1n) is 9.40. The molecule has 2 N–H and O–H groups in total. The molecular formula is C22H28N2O2S. The van der Waals surface area contributed by atoms with E-state index in [2.05, 4.69) is 31.4 Å². The van der Waals surface area contributed by atoms with E-state index in [1.54, 1.807) is 0 Å². The van der Waals surface area contributed by atoms with Crippen LogP contribution in [-0.2, 0) is 9.59 Å². The normalized spacial score (nSPS) is 10.7. The number of hydrogen-bond acceptors (Lipinski definition) is 3. The van der Waals surface area contributed by atoms with Gasteiger partial charge in [-0.1, -0.05) is 39.3 Å². The first-order valence-corrected chi connectivity index (χ1v) is 10.4. The molecule has 0 aromatic heterocycles. The van der Waals surface area contributed by atoms with Crippen LogP contribution in [0.1, 0.15) is 51.5 Å². The van der Waals surface area contributed by atoms with E-state index in [0.717, 1.165) is 29.1 Å². The van der Waals surface area contributed by atoms with Crippen LogP contribution in [0.3, 0.4) is 0 Å². The van der Waals surface area contributed by atoms with Gasteiger partial charge in [0.2, 0.25) is 11.8 Å². The smallest absolute Gasteiger partial charge is 0.234 e. The molecule has 0 radical (unpaired) electrons. The summed E-state index contributed by atoms with van der Waals surface area (Å²) >= 11 is 1.47. The van der Waals surface area contributed by atoms with Crippen molar-refractivity contribution in [2.75, 3.05) is 16.4 Å². The highest BCUT2D eigenvalue weighted by atomic mass is 32.2. The van der Waals surface area contributed by atoms with Crippen LogP contribution in [0.4, 0.5) is 11.4 Å². The average molecular weight is 385 g/mol. The largest absolute Gasteiger partial charge is 0.326 e. The van der Waals surface area contributed by atoms with Gasteiger partial charge in [-0.05, 0) is 54.3 Å². The summed E-state index contributed by atoms with van der Waals surface area (Å²) < 4.78 is 0. The quantitative estimate of drug-likeness (QED) is 0.548. The number of carbonyl (C=O) groups is 2. The van der Waals surface area contributed by atoms with Gasteiger partial charge in [0, 0.05) is 22.7 Å². The maximum absolute atomic E-state index is 12.1. The number of benzene rings is 2. The zero-order valence-electron chi connectivity index (χ0n) is 16.2. The molecule has 0 unspecified atom stereocenters. The minimum Gasteiger partial charge on any atom is -0.326 e. The van der Waals surface area contributed by atoms with Crippen molar-refractivity contribution in [2.24, 2.45) is 0 Å². The lowest BCUT2D eigenvalue weighted by Gasteiger charge is -2.09. The van der Waals surface area contributed by atoms with Gasteiger partial charge in [-0.2, -0.15) is 0 Å². The molecule has 4 nitrogen and oxygen atoms in total. The Morgan fingerprint density at radius 2 is 1.44 bits per heavy atom. The highest BCUT2D eigenvalue weighted by molar-refractivity contribution is 8.00. The van der Waals surface area contributed by atoms with Crippen LogP contribution in [0.2, 0.25) is 0 Å². The first-order chi connectivity index (χ1) is 13.0. The SMILES string of the molecule is CCCCC(=O)Nc1ccc(SCC(=O)Nc2ccc(C(C)C)cc2)cc1. The molecule has 0 fully saturated rings. The topological polar surface area (TPSA) is 58.2 Å². The first kappa shape index (κ1) is 21.0. The van der Waals surface area contributed by atoms with Gasteiger partial charge in [0.05, 0.1) is 5.75 Å². The fourth-order valence-electron chi connectivity index (χ4n) is 2.49. The lowest BCUT2D eigenvalue weighted by Crippen LogP contribution is -2.14. The number of unbranched alkanes of at least 4 members (excludes halogenated alkanes) is 1.